The summed E-state index contributed by atoms with van der Waals surface area (Å²) in [5.74, 6) is 0.663. The molecule has 164 valence electrons. The first-order chi connectivity index (χ1) is 15.0. The van der Waals surface area contributed by atoms with Crippen LogP contribution in [0.15, 0.2) is 36.4 Å². The van der Waals surface area contributed by atoms with E-state index in [0.29, 0.717) is 18.7 Å². The monoisotopic (exact) mass is 438 g/mol. The lowest BCUT2D eigenvalue weighted by Gasteiger charge is -2.23. The molecular formula is C25H30N2O3S. The number of thiazole rings is 1. The fourth-order valence-electron chi connectivity index (χ4n) is 3.73. The van der Waals surface area contributed by atoms with Crippen LogP contribution in [0.25, 0.3) is 10.2 Å². The summed E-state index contributed by atoms with van der Waals surface area (Å²) < 4.78 is 12.8. The highest BCUT2D eigenvalue weighted by molar-refractivity contribution is 7.22. The zero-order chi connectivity index (χ0) is 21.8. The molecule has 0 spiro atoms. The Bertz CT molecular complexity index is 1020. The normalized spacial score (nSPS) is 16.0. The number of rotatable bonds is 8. The van der Waals surface area contributed by atoms with Crippen molar-refractivity contribution in [3.63, 3.8) is 0 Å². The summed E-state index contributed by atoms with van der Waals surface area (Å²) in [7, 11) is 0. The van der Waals surface area contributed by atoms with Gasteiger partial charge in [-0.25, -0.2) is 4.98 Å². The van der Waals surface area contributed by atoms with Gasteiger partial charge in [0.15, 0.2) is 5.13 Å². The van der Waals surface area contributed by atoms with Crippen LogP contribution >= 0.6 is 11.3 Å². The van der Waals surface area contributed by atoms with E-state index in [2.05, 4.69) is 32.9 Å². The first-order valence-electron chi connectivity index (χ1n) is 11.1. The summed E-state index contributed by atoms with van der Waals surface area (Å²) in [6.07, 6.45) is 4.11. The predicted octanol–water partition coefficient (Wildman–Crippen LogP) is 5.92. The summed E-state index contributed by atoms with van der Waals surface area (Å²) in [6, 6.07) is 11.7. The molecule has 1 aromatic heterocycles. The minimum atomic E-state index is -0.0658. The van der Waals surface area contributed by atoms with Crippen molar-refractivity contribution in [1.82, 2.24) is 4.98 Å². The van der Waals surface area contributed by atoms with Crippen molar-refractivity contribution in [3.05, 3.63) is 53.1 Å². The van der Waals surface area contributed by atoms with E-state index in [9.17, 15) is 4.79 Å². The number of hydrogen-bond acceptors (Lipinski definition) is 5. The molecule has 1 atom stereocenters. The summed E-state index contributed by atoms with van der Waals surface area (Å²) >= 11 is 1.56. The second-order valence-electron chi connectivity index (χ2n) is 8.18. The van der Waals surface area contributed by atoms with Crippen LogP contribution in [0.5, 0.6) is 5.75 Å². The Kier molecular flexibility index (Phi) is 6.88. The average Bonchev–Trinajstić information content (AvgIpc) is 3.42. The number of amides is 1. The molecule has 1 amide bonds. The second kappa shape index (κ2) is 9.79. The van der Waals surface area contributed by atoms with Gasteiger partial charge >= 0.3 is 0 Å². The molecule has 0 radical (unpaired) electrons. The van der Waals surface area contributed by atoms with Gasteiger partial charge in [0.05, 0.1) is 29.5 Å². The highest BCUT2D eigenvalue weighted by Crippen LogP contribution is 2.32. The van der Waals surface area contributed by atoms with Crippen LogP contribution in [0.3, 0.4) is 0 Å². The third-order valence-electron chi connectivity index (χ3n) is 5.73. The first-order valence-corrected chi connectivity index (χ1v) is 11.9. The Hall–Kier alpha value is -2.44. The van der Waals surface area contributed by atoms with Crippen molar-refractivity contribution in [1.29, 1.82) is 0 Å². The fraction of sp³-hybridized carbons (Fsp3) is 0.440. The van der Waals surface area contributed by atoms with Crippen LogP contribution in [0.1, 0.15) is 54.1 Å². The largest absolute Gasteiger partial charge is 0.494 e. The first kappa shape index (κ1) is 21.8. The van der Waals surface area contributed by atoms with E-state index < -0.39 is 0 Å². The van der Waals surface area contributed by atoms with Crippen molar-refractivity contribution in [2.24, 2.45) is 0 Å². The lowest BCUT2D eigenvalue weighted by atomic mass is 10.1. The van der Waals surface area contributed by atoms with Crippen LogP contribution in [0.2, 0.25) is 0 Å². The molecule has 6 heteroatoms. The van der Waals surface area contributed by atoms with Gasteiger partial charge in [0.2, 0.25) is 0 Å². The minimum Gasteiger partial charge on any atom is -0.494 e. The Morgan fingerprint density at radius 3 is 2.87 bits per heavy atom. The fourth-order valence-corrected chi connectivity index (χ4v) is 4.79. The molecule has 0 saturated carbocycles. The summed E-state index contributed by atoms with van der Waals surface area (Å²) in [6.45, 7) is 8.25. The molecule has 31 heavy (non-hydrogen) atoms. The van der Waals surface area contributed by atoms with E-state index in [4.69, 9.17) is 14.5 Å². The van der Waals surface area contributed by atoms with Gasteiger partial charge < -0.3 is 9.47 Å². The lowest BCUT2D eigenvalue weighted by Crippen LogP contribution is -2.37. The highest BCUT2D eigenvalue weighted by Gasteiger charge is 2.27. The van der Waals surface area contributed by atoms with Gasteiger partial charge in [0, 0.05) is 12.2 Å². The number of aromatic nitrogens is 1. The van der Waals surface area contributed by atoms with E-state index in [0.717, 1.165) is 53.4 Å². The number of fused-ring (bicyclic) bond motifs is 1. The van der Waals surface area contributed by atoms with Crippen LogP contribution in [0.4, 0.5) is 5.13 Å². The van der Waals surface area contributed by atoms with E-state index in [1.54, 1.807) is 16.2 Å². The number of hydrogen-bond donors (Lipinski definition) is 0. The van der Waals surface area contributed by atoms with E-state index in [1.807, 2.05) is 24.3 Å². The van der Waals surface area contributed by atoms with Gasteiger partial charge in [-0.05, 0) is 74.6 Å². The van der Waals surface area contributed by atoms with Crippen molar-refractivity contribution in [2.75, 3.05) is 24.7 Å². The molecule has 1 saturated heterocycles. The maximum atomic E-state index is 13.6. The highest BCUT2D eigenvalue weighted by atomic mass is 32.1. The molecule has 1 aliphatic heterocycles. The Labute approximate surface area is 188 Å². The van der Waals surface area contributed by atoms with Gasteiger partial charge in [0.25, 0.3) is 5.91 Å². The number of anilines is 1. The number of benzene rings is 2. The number of aryl methyl sites for hydroxylation is 2. The van der Waals surface area contributed by atoms with Crippen molar-refractivity contribution in [2.45, 2.75) is 52.6 Å². The van der Waals surface area contributed by atoms with Crippen molar-refractivity contribution >= 4 is 32.6 Å². The number of ether oxygens (including phenoxy) is 2. The van der Waals surface area contributed by atoms with Crippen LogP contribution in [-0.2, 0) is 4.74 Å². The Balaban J connectivity index is 1.65. The van der Waals surface area contributed by atoms with Crippen LogP contribution in [-0.4, -0.2) is 36.8 Å². The number of nitrogens with zero attached hydrogens (tertiary/aromatic N) is 2. The maximum absolute atomic E-state index is 13.6. The molecule has 5 nitrogen and oxygen atoms in total. The van der Waals surface area contributed by atoms with Crippen molar-refractivity contribution < 1.29 is 14.3 Å². The molecule has 1 unspecified atom stereocenters. The summed E-state index contributed by atoms with van der Waals surface area (Å²) in [4.78, 5) is 20.2. The average molecular weight is 439 g/mol. The molecule has 2 heterocycles. The van der Waals surface area contributed by atoms with E-state index >= 15 is 0 Å². The van der Waals surface area contributed by atoms with Crippen LogP contribution in [0, 0.1) is 13.8 Å². The van der Waals surface area contributed by atoms with E-state index in [1.165, 1.54) is 11.1 Å². The number of unbranched alkanes of at least 4 members (excludes halogenated alkanes) is 1. The lowest BCUT2D eigenvalue weighted by molar-refractivity contribution is 0.0917. The van der Waals surface area contributed by atoms with Gasteiger partial charge in [-0.3, -0.25) is 9.69 Å². The third-order valence-corrected chi connectivity index (χ3v) is 6.77. The number of carbonyl (C=O) groups excluding carboxylic acids is 1. The maximum Gasteiger partial charge on any atom is 0.260 e. The Morgan fingerprint density at radius 1 is 1.26 bits per heavy atom. The SMILES string of the molecule is CCCCOc1cccc(C(=O)N(CC2CCCO2)c2nc3cc(C)c(C)cc3s2)c1. The standard InChI is InChI=1S/C25H30N2O3S/c1-4-5-11-29-20-9-6-8-19(15-20)24(28)27(16-21-10-7-12-30-21)25-26-22-13-17(2)18(3)14-23(22)31-25/h6,8-9,13-15,21H,4-5,7,10-12,16H2,1-3H3. The van der Waals surface area contributed by atoms with Crippen molar-refractivity contribution in [3.8, 4) is 5.75 Å². The second-order valence-corrected chi connectivity index (χ2v) is 9.19. The molecule has 0 N–H and O–H groups in total. The van der Waals surface area contributed by atoms with Crippen LogP contribution < -0.4 is 9.64 Å². The topological polar surface area (TPSA) is 51.7 Å². The molecular weight excluding hydrogens is 408 g/mol. The molecule has 0 aliphatic carbocycles. The molecule has 1 aliphatic rings. The Morgan fingerprint density at radius 2 is 2.10 bits per heavy atom. The zero-order valence-corrected chi connectivity index (χ0v) is 19.3. The molecule has 1 fully saturated rings. The van der Waals surface area contributed by atoms with Gasteiger partial charge in [-0.2, -0.15) is 0 Å². The van der Waals surface area contributed by atoms with Gasteiger partial charge in [-0.1, -0.05) is 30.7 Å². The van der Waals surface area contributed by atoms with Gasteiger partial charge in [-0.15, -0.1) is 0 Å². The third kappa shape index (κ3) is 5.08. The smallest absolute Gasteiger partial charge is 0.260 e. The van der Waals surface area contributed by atoms with E-state index in [-0.39, 0.29) is 12.0 Å². The molecule has 3 aromatic rings. The number of carbonyl (C=O) groups is 1. The predicted molar refractivity (Wildman–Crippen MR) is 127 cm³/mol. The zero-order valence-electron chi connectivity index (χ0n) is 18.5. The molecule has 4 rings (SSSR count). The molecule has 2 aromatic carbocycles. The summed E-state index contributed by atoms with van der Waals surface area (Å²) in [5.41, 5.74) is 3.98. The summed E-state index contributed by atoms with van der Waals surface area (Å²) in [5, 5.41) is 0.720. The van der Waals surface area contributed by atoms with Gasteiger partial charge in [0.1, 0.15) is 5.75 Å². The minimum absolute atomic E-state index is 0.0448. The molecule has 0 bridgehead atoms. The quantitative estimate of drug-likeness (QED) is 0.410.